The monoisotopic (exact) mass is 285 g/mol. The van der Waals surface area contributed by atoms with Crippen LogP contribution in [0.1, 0.15) is 21.8 Å². The molecular formula is C16H12FNOS. The molecule has 2 nitrogen and oxygen atoms in total. The Hall–Kier alpha value is -2.12. The molecular weight excluding hydrogens is 273 g/mol. The predicted octanol–water partition coefficient (Wildman–Crippen LogP) is 4.04. The summed E-state index contributed by atoms with van der Waals surface area (Å²) in [5.41, 5.74) is 0.879. The lowest BCUT2D eigenvalue weighted by Crippen LogP contribution is -2.12. The summed E-state index contributed by atoms with van der Waals surface area (Å²) in [5, 5.41) is 9.27. The van der Waals surface area contributed by atoms with Crippen LogP contribution in [0.2, 0.25) is 0 Å². The summed E-state index contributed by atoms with van der Waals surface area (Å²) in [5.74, 6) is -1.74. The molecule has 2 aromatic rings. The maximum Gasteiger partial charge on any atom is 0.185 e. The minimum Gasteiger partial charge on any atom is -0.292 e. The molecule has 0 aliphatic rings. The Bertz CT molecular complexity index is 678. The quantitative estimate of drug-likeness (QED) is 0.629. The number of thioether (sulfide) groups is 1. The minimum atomic E-state index is -0.987. The van der Waals surface area contributed by atoms with Gasteiger partial charge in [-0.25, -0.2) is 4.39 Å². The highest BCUT2D eigenvalue weighted by molar-refractivity contribution is 7.98. The first-order chi connectivity index (χ1) is 9.67. The number of carbonyl (C=O) groups excluding carboxylic acids is 1. The number of carbonyl (C=O) groups is 1. The number of nitriles is 1. The average molecular weight is 285 g/mol. The molecule has 0 aliphatic carbocycles. The number of nitrogens with zero attached hydrogens (tertiary/aromatic N) is 1. The van der Waals surface area contributed by atoms with Gasteiger partial charge in [-0.1, -0.05) is 30.3 Å². The molecule has 4 heteroatoms. The van der Waals surface area contributed by atoms with Crippen molar-refractivity contribution in [2.75, 3.05) is 6.26 Å². The summed E-state index contributed by atoms with van der Waals surface area (Å²) in [6.45, 7) is 0. The van der Waals surface area contributed by atoms with Gasteiger partial charge in [-0.15, -0.1) is 11.8 Å². The molecule has 0 radical (unpaired) electrons. The molecule has 0 fully saturated rings. The fraction of sp³-hybridized carbons (Fsp3) is 0.125. The molecule has 2 aromatic carbocycles. The second-order valence-electron chi connectivity index (χ2n) is 4.18. The van der Waals surface area contributed by atoms with Crippen molar-refractivity contribution in [3.63, 3.8) is 0 Å². The van der Waals surface area contributed by atoms with Gasteiger partial charge in [0.1, 0.15) is 11.7 Å². The van der Waals surface area contributed by atoms with E-state index in [-0.39, 0.29) is 5.78 Å². The van der Waals surface area contributed by atoms with Gasteiger partial charge in [0.15, 0.2) is 5.78 Å². The summed E-state index contributed by atoms with van der Waals surface area (Å²) in [4.78, 5) is 13.3. The zero-order valence-corrected chi connectivity index (χ0v) is 11.7. The van der Waals surface area contributed by atoms with E-state index in [2.05, 4.69) is 0 Å². The smallest absolute Gasteiger partial charge is 0.185 e. The fourth-order valence-corrected chi connectivity index (χ4v) is 2.58. The molecule has 100 valence electrons. The van der Waals surface area contributed by atoms with Crippen LogP contribution in [-0.2, 0) is 0 Å². The Morgan fingerprint density at radius 1 is 1.25 bits per heavy atom. The summed E-state index contributed by atoms with van der Waals surface area (Å²) in [6.07, 6.45) is 1.87. The van der Waals surface area contributed by atoms with Gasteiger partial charge in [-0.2, -0.15) is 5.26 Å². The van der Waals surface area contributed by atoms with Crippen molar-refractivity contribution in [3.05, 3.63) is 65.5 Å². The van der Waals surface area contributed by atoms with E-state index in [0.717, 1.165) is 4.90 Å². The summed E-state index contributed by atoms with van der Waals surface area (Å²) >= 11 is 1.45. The van der Waals surface area contributed by atoms with E-state index >= 15 is 0 Å². The van der Waals surface area contributed by atoms with E-state index in [1.807, 2.05) is 24.5 Å². The first-order valence-electron chi connectivity index (χ1n) is 5.99. The van der Waals surface area contributed by atoms with Crippen molar-refractivity contribution in [2.45, 2.75) is 10.8 Å². The van der Waals surface area contributed by atoms with Crippen molar-refractivity contribution in [2.24, 2.45) is 0 Å². The topological polar surface area (TPSA) is 40.9 Å². The molecule has 0 N–H and O–H groups in total. The summed E-state index contributed by atoms with van der Waals surface area (Å²) in [6, 6.07) is 14.7. The van der Waals surface area contributed by atoms with Gasteiger partial charge in [-0.05, 0) is 30.0 Å². The number of hydrogen-bond donors (Lipinski definition) is 0. The van der Waals surface area contributed by atoms with Gasteiger partial charge in [-0.3, -0.25) is 4.79 Å². The maximum absolute atomic E-state index is 13.3. The van der Waals surface area contributed by atoms with Gasteiger partial charge < -0.3 is 0 Å². The highest BCUT2D eigenvalue weighted by Crippen LogP contribution is 2.27. The number of Topliss-reactive ketones (excluding diaryl/α,β-unsaturated/α-hetero) is 1. The normalized spacial score (nSPS) is 11.7. The van der Waals surface area contributed by atoms with Crippen LogP contribution in [0.4, 0.5) is 4.39 Å². The number of rotatable bonds is 4. The molecule has 0 saturated carbocycles. The number of benzene rings is 2. The van der Waals surface area contributed by atoms with Crippen molar-refractivity contribution in [1.29, 1.82) is 5.26 Å². The van der Waals surface area contributed by atoms with Gasteiger partial charge in [0.05, 0.1) is 6.07 Å². The Kier molecular flexibility index (Phi) is 4.54. The van der Waals surface area contributed by atoms with Crippen LogP contribution in [0.15, 0.2) is 53.4 Å². The lowest BCUT2D eigenvalue weighted by molar-refractivity contribution is 0.0976. The summed E-state index contributed by atoms with van der Waals surface area (Å²) in [7, 11) is 0. The van der Waals surface area contributed by atoms with Crippen LogP contribution >= 0.6 is 11.8 Å². The third kappa shape index (κ3) is 2.89. The minimum absolute atomic E-state index is 0.303. The third-order valence-electron chi connectivity index (χ3n) is 2.95. The molecule has 0 saturated heterocycles. The van der Waals surface area contributed by atoms with Gasteiger partial charge in [0.25, 0.3) is 0 Å². The molecule has 0 aromatic heterocycles. The average Bonchev–Trinajstić information content (AvgIpc) is 2.48. The zero-order valence-electron chi connectivity index (χ0n) is 10.8. The molecule has 20 heavy (non-hydrogen) atoms. The van der Waals surface area contributed by atoms with Crippen LogP contribution in [-0.4, -0.2) is 12.0 Å². The fourth-order valence-electron chi connectivity index (χ4n) is 1.97. The van der Waals surface area contributed by atoms with E-state index in [0.29, 0.717) is 11.1 Å². The van der Waals surface area contributed by atoms with Crippen LogP contribution in [0.5, 0.6) is 0 Å². The molecule has 0 aliphatic heterocycles. The first-order valence-corrected chi connectivity index (χ1v) is 7.22. The van der Waals surface area contributed by atoms with Crippen molar-refractivity contribution < 1.29 is 9.18 Å². The van der Waals surface area contributed by atoms with Crippen molar-refractivity contribution in [3.8, 4) is 6.07 Å². The van der Waals surface area contributed by atoms with Crippen molar-refractivity contribution >= 4 is 17.5 Å². The highest BCUT2D eigenvalue weighted by Gasteiger charge is 2.23. The first kappa shape index (κ1) is 14.3. The second kappa shape index (κ2) is 6.36. The Balaban J connectivity index is 2.42. The number of halogens is 1. The largest absolute Gasteiger partial charge is 0.292 e. The maximum atomic E-state index is 13.3. The molecule has 0 bridgehead atoms. The third-order valence-corrected chi connectivity index (χ3v) is 3.74. The van der Waals surface area contributed by atoms with Crippen LogP contribution in [0.25, 0.3) is 0 Å². The standard InChI is InChI=1S/C16H12FNOS/c1-20-15-8-3-2-7-13(15)16(19)14(10-18)11-5-4-6-12(17)9-11/h2-9,14H,1H3. The Labute approximate surface area is 121 Å². The van der Waals surface area contributed by atoms with E-state index in [1.165, 1.54) is 30.0 Å². The van der Waals surface area contributed by atoms with E-state index in [1.54, 1.807) is 18.2 Å². The lowest BCUT2D eigenvalue weighted by Gasteiger charge is -2.11. The van der Waals surface area contributed by atoms with Crippen LogP contribution in [0, 0.1) is 17.1 Å². The number of hydrogen-bond acceptors (Lipinski definition) is 3. The van der Waals surface area contributed by atoms with E-state index < -0.39 is 11.7 Å². The SMILES string of the molecule is CSc1ccccc1C(=O)C(C#N)c1cccc(F)c1. The Morgan fingerprint density at radius 2 is 2.00 bits per heavy atom. The Morgan fingerprint density at radius 3 is 2.65 bits per heavy atom. The molecule has 2 rings (SSSR count). The second-order valence-corrected chi connectivity index (χ2v) is 5.03. The van der Waals surface area contributed by atoms with Gasteiger partial charge in [0, 0.05) is 10.5 Å². The molecule has 0 amide bonds. The lowest BCUT2D eigenvalue weighted by atomic mass is 9.92. The molecule has 1 atom stereocenters. The predicted molar refractivity (Wildman–Crippen MR) is 77.3 cm³/mol. The molecule has 0 spiro atoms. The molecule has 1 unspecified atom stereocenters. The highest BCUT2D eigenvalue weighted by atomic mass is 32.2. The van der Waals surface area contributed by atoms with Gasteiger partial charge >= 0.3 is 0 Å². The summed E-state index contributed by atoms with van der Waals surface area (Å²) < 4.78 is 13.3. The molecule has 0 heterocycles. The van der Waals surface area contributed by atoms with Crippen molar-refractivity contribution in [1.82, 2.24) is 0 Å². The van der Waals surface area contributed by atoms with E-state index in [4.69, 9.17) is 0 Å². The van der Waals surface area contributed by atoms with Gasteiger partial charge in [0.2, 0.25) is 0 Å². The number of ketones is 1. The van der Waals surface area contributed by atoms with Crippen LogP contribution < -0.4 is 0 Å². The van der Waals surface area contributed by atoms with Crippen LogP contribution in [0.3, 0.4) is 0 Å². The zero-order chi connectivity index (χ0) is 14.5. The van der Waals surface area contributed by atoms with E-state index in [9.17, 15) is 14.4 Å².